The molecule has 2 atom stereocenters. The summed E-state index contributed by atoms with van der Waals surface area (Å²) in [4.78, 5) is 0. The molecule has 0 saturated heterocycles. The molecule has 0 amide bonds. The van der Waals surface area contributed by atoms with Gasteiger partial charge in [0.1, 0.15) is 0 Å². The minimum absolute atomic E-state index is 0.0345. The highest BCUT2D eigenvalue weighted by Gasteiger charge is 2.17. The highest BCUT2D eigenvalue weighted by Crippen LogP contribution is 2.27. The van der Waals surface area contributed by atoms with E-state index in [0.717, 1.165) is 16.7 Å². The van der Waals surface area contributed by atoms with Crippen LogP contribution in [0.1, 0.15) is 24.1 Å². The third kappa shape index (κ3) is 2.87. The fourth-order valence-corrected chi connectivity index (χ4v) is 3.01. The van der Waals surface area contributed by atoms with Crippen LogP contribution in [0.4, 0.5) is 5.69 Å². The van der Waals surface area contributed by atoms with Crippen molar-refractivity contribution in [3.05, 3.63) is 23.3 Å². The monoisotopic (exact) mass is 293 g/mol. The summed E-state index contributed by atoms with van der Waals surface area (Å²) < 4.78 is 13.1. The van der Waals surface area contributed by atoms with Gasteiger partial charge in [0.05, 0.1) is 6.04 Å². The van der Waals surface area contributed by atoms with Crippen LogP contribution in [0.5, 0.6) is 0 Å². The second-order valence-corrected chi connectivity index (χ2v) is 6.54. The highest BCUT2D eigenvalue weighted by atomic mass is 32.2. The molecule has 6 nitrogen and oxygen atoms in total. The zero-order chi connectivity index (χ0) is 14.9. The molecule has 2 unspecified atom stereocenters. The van der Waals surface area contributed by atoms with Crippen LogP contribution in [0.3, 0.4) is 0 Å². The van der Waals surface area contributed by atoms with Crippen LogP contribution in [0.15, 0.2) is 12.1 Å². The van der Waals surface area contributed by atoms with Crippen molar-refractivity contribution in [2.24, 2.45) is 0 Å². The number of tetrazole rings is 1. The molecule has 1 heterocycles. The van der Waals surface area contributed by atoms with Crippen molar-refractivity contribution in [2.45, 2.75) is 26.8 Å². The number of rotatable bonds is 4. The number of hydrogen-bond donors (Lipinski definition) is 1. The molecule has 0 aliphatic rings. The van der Waals surface area contributed by atoms with Crippen molar-refractivity contribution < 1.29 is 4.21 Å². The molecular formula is C13H19N5OS. The minimum Gasteiger partial charge on any atom is -0.398 e. The fraction of sp³-hybridized carbons (Fsp3) is 0.462. The van der Waals surface area contributed by atoms with Crippen molar-refractivity contribution in [3.8, 4) is 11.4 Å². The van der Waals surface area contributed by atoms with Crippen molar-refractivity contribution in [2.75, 3.05) is 17.7 Å². The highest BCUT2D eigenvalue weighted by molar-refractivity contribution is 7.84. The number of anilines is 1. The van der Waals surface area contributed by atoms with Gasteiger partial charge in [-0.15, -0.1) is 5.10 Å². The molecule has 2 aromatic rings. The summed E-state index contributed by atoms with van der Waals surface area (Å²) in [6.07, 6.45) is 1.68. The van der Waals surface area contributed by atoms with Crippen LogP contribution in [-0.4, -0.2) is 36.4 Å². The predicted octanol–water partition coefficient (Wildman–Crippen LogP) is 1.48. The Kier molecular flexibility index (Phi) is 4.17. The van der Waals surface area contributed by atoms with E-state index in [9.17, 15) is 4.21 Å². The summed E-state index contributed by atoms with van der Waals surface area (Å²) >= 11 is 0. The van der Waals surface area contributed by atoms with E-state index < -0.39 is 10.8 Å². The second-order valence-electron chi connectivity index (χ2n) is 5.06. The smallest absolute Gasteiger partial charge is 0.182 e. The Balaban J connectivity index is 2.47. The van der Waals surface area contributed by atoms with Crippen LogP contribution >= 0.6 is 0 Å². The molecule has 2 N–H and O–H groups in total. The largest absolute Gasteiger partial charge is 0.398 e. The molecule has 20 heavy (non-hydrogen) atoms. The first-order chi connectivity index (χ1) is 9.40. The minimum atomic E-state index is -0.899. The summed E-state index contributed by atoms with van der Waals surface area (Å²) in [6.45, 7) is 5.93. The molecule has 0 fully saturated rings. The van der Waals surface area contributed by atoms with Crippen LogP contribution in [-0.2, 0) is 10.8 Å². The lowest BCUT2D eigenvalue weighted by molar-refractivity contribution is 0.521. The van der Waals surface area contributed by atoms with Crippen molar-refractivity contribution >= 4 is 16.5 Å². The van der Waals surface area contributed by atoms with Gasteiger partial charge in [-0.2, -0.15) is 0 Å². The Bertz CT molecular complexity index is 652. The molecule has 0 radical (unpaired) electrons. The van der Waals surface area contributed by atoms with E-state index in [2.05, 4.69) is 15.5 Å². The quantitative estimate of drug-likeness (QED) is 0.863. The summed E-state index contributed by atoms with van der Waals surface area (Å²) in [7, 11) is -0.899. The maximum absolute atomic E-state index is 11.4. The molecule has 7 heteroatoms. The average Bonchev–Trinajstić information content (AvgIpc) is 2.81. The molecule has 0 aliphatic carbocycles. The fourth-order valence-electron chi connectivity index (χ4n) is 2.19. The number of aryl methyl sites for hydroxylation is 2. The summed E-state index contributed by atoms with van der Waals surface area (Å²) in [5.74, 6) is 1.17. The lowest BCUT2D eigenvalue weighted by atomic mass is 10.0. The van der Waals surface area contributed by atoms with Crippen LogP contribution in [0, 0.1) is 13.8 Å². The SMILES string of the molecule is Cc1cc(C)c(-c2nnnn2C(C)CS(C)=O)cc1N. The van der Waals surface area contributed by atoms with Gasteiger partial charge in [0.15, 0.2) is 5.82 Å². The zero-order valence-corrected chi connectivity index (χ0v) is 12.9. The molecule has 108 valence electrons. The Morgan fingerprint density at radius 3 is 2.70 bits per heavy atom. The van der Waals surface area contributed by atoms with E-state index in [4.69, 9.17) is 5.73 Å². The van der Waals surface area contributed by atoms with E-state index in [-0.39, 0.29) is 6.04 Å². The van der Waals surface area contributed by atoms with Gasteiger partial charge in [-0.1, -0.05) is 6.07 Å². The molecule has 2 rings (SSSR count). The standard InChI is InChI=1S/C13H19N5OS/c1-8-5-9(2)12(14)6-11(8)13-15-16-17-18(13)10(3)7-20(4)19/h5-6,10H,7,14H2,1-4H3. The van der Waals surface area contributed by atoms with Gasteiger partial charge in [-0.3, -0.25) is 4.21 Å². The van der Waals surface area contributed by atoms with E-state index in [1.165, 1.54) is 0 Å². The van der Waals surface area contributed by atoms with Crippen LogP contribution in [0.2, 0.25) is 0 Å². The summed E-state index contributed by atoms with van der Waals surface area (Å²) in [5, 5.41) is 11.9. The zero-order valence-electron chi connectivity index (χ0n) is 12.1. The van der Waals surface area contributed by atoms with E-state index in [1.807, 2.05) is 32.9 Å². The van der Waals surface area contributed by atoms with Gasteiger partial charge >= 0.3 is 0 Å². The number of hydrogen-bond acceptors (Lipinski definition) is 5. The van der Waals surface area contributed by atoms with Gasteiger partial charge < -0.3 is 5.73 Å². The third-order valence-electron chi connectivity index (χ3n) is 3.24. The van der Waals surface area contributed by atoms with Crippen LogP contribution in [0.25, 0.3) is 11.4 Å². The molecule has 0 spiro atoms. The lowest BCUT2D eigenvalue weighted by Crippen LogP contribution is -2.16. The molecule has 0 aliphatic heterocycles. The topological polar surface area (TPSA) is 86.7 Å². The summed E-state index contributed by atoms with van der Waals surface area (Å²) in [5.41, 5.74) is 9.70. The van der Waals surface area contributed by atoms with Crippen LogP contribution < -0.4 is 5.73 Å². The lowest BCUT2D eigenvalue weighted by Gasteiger charge is -2.14. The van der Waals surface area contributed by atoms with Gasteiger partial charge in [0, 0.05) is 34.1 Å². The second kappa shape index (κ2) is 5.70. The Morgan fingerprint density at radius 1 is 1.35 bits per heavy atom. The number of nitrogens with two attached hydrogens (primary N) is 1. The maximum Gasteiger partial charge on any atom is 0.182 e. The van der Waals surface area contributed by atoms with E-state index in [1.54, 1.807) is 10.9 Å². The normalized spacial score (nSPS) is 14.2. The van der Waals surface area contributed by atoms with Crippen molar-refractivity contribution in [1.82, 2.24) is 20.2 Å². The average molecular weight is 293 g/mol. The number of nitrogens with zero attached hydrogens (tertiary/aromatic N) is 4. The van der Waals surface area contributed by atoms with Gasteiger partial charge in [0.2, 0.25) is 0 Å². The first kappa shape index (κ1) is 14.6. The first-order valence-corrected chi connectivity index (χ1v) is 8.08. The van der Waals surface area contributed by atoms with Gasteiger partial charge in [0.25, 0.3) is 0 Å². The number of benzene rings is 1. The molecule has 1 aromatic heterocycles. The third-order valence-corrected chi connectivity index (χ3v) is 4.19. The maximum atomic E-state index is 11.4. The number of nitrogen functional groups attached to an aromatic ring is 1. The van der Waals surface area contributed by atoms with E-state index in [0.29, 0.717) is 17.3 Å². The van der Waals surface area contributed by atoms with Crippen molar-refractivity contribution in [3.63, 3.8) is 0 Å². The van der Waals surface area contributed by atoms with Gasteiger partial charge in [-0.05, 0) is 48.4 Å². The molecule has 0 saturated carbocycles. The molecule has 1 aromatic carbocycles. The molecule has 0 bridgehead atoms. The first-order valence-electron chi connectivity index (χ1n) is 6.35. The summed E-state index contributed by atoms with van der Waals surface area (Å²) in [6, 6.07) is 3.88. The van der Waals surface area contributed by atoms with E-state index >= 15 is 0 Å². The predicted molar refractivity (Wildman–Crippen MR) is 80.8 cm³/mol. The Labute approximate surface area is 120 Å². The van der Waals surface area contributed by atoms with Crippen molar-refractivity contribution in [1.29, 1.82) is 0 Å². The molecular weight excluding hydrogens is 274 g/mol. The van der Waals surface area contributed by atoms with Gasteiger partial charge in [-0.25, -0.2) is 4.68 Å². The Morgan fingerprint density at radius 2 is 2.05 bits per heavy atom. The Hall–Kier alpha value is -1.76. The number of aromatic nitrogens is 4.